The molecule has 3 aromatic rings. The van der Waals surface area contributed by atoms with E-state index in [0.717, 1.165) is 11.3 Å². The van der Waals surface area contributed by atoms with Crippen LogP contribution < -0.4 is 9.47 Å². The van der Waals surface area contributed by atoms with E-state index in [0.29, 0.717) is 21.9 Å². The molecule has 1 aliphatic heterocycles. The monoisotopic (exact) mass is 491 g/mol. The first kappa shape index (κ1) is 24.4. The summed E-state index contributed by atoms with van der Waals surface area (Å²) in [6.07, 6.45) is 0.0413. The van der Waals surface area contributed by atoms with E-state index in [1.54, 1.807) is 55.6 Å². The number of carbonyl (C=O) groups is 2. The lowest BCUT2D eigenvalue weighted by Gasteiger charge is -2.26. The van der Waals surface area contributed by atoms with Gasteiger partial charge in [-0.1, -0.05) is 35.9 Å². The van der Waals surface area contributed by atoms with Crippen molar-refractivity contribution < 1.29 is 24.2 Å². The lowest BCUT2D eigenvalue weighted by atomic mass is 9.95. The third kappa shape index (κ3) is 5.17. The third-order valence-electron chi connectivity index (χ3n) is 5.72. The lowest BCUT2D eigenvalue weighted by molar-refractivity contribution is -0.140. The van der Waals surface area contributed by atoms with Crippen molar-refractivity contribution in [2.75, 3.05) is 7.11 Å². The zero-order valence-corrected chi connectivity index (χ0v) is 20.5. The van der Waals surface area contributed by atoms with Gasteiger partial charge >= 0.3 is 0 Å². The van der Waals surface area contributed by atoms with E-state index in [-0.39, 0.29) is 24.0 Å². The van der Waals surface area contributed by atoms with Gasteiger partial charge in [-0.25, -0.2) is 0 Å². The number of Topliss-reactive ketones (excluding diaryl/α,β-unsaturated/α-hetero) is 1. The Bertz CT molecular complexity index is 1270. The van der Waals surface area contributed by atoms with Crippen LogP contribution in [0.4, 0.5) is 0 Å². The van der Waals surface area contributed by atoms with Gasteiger partial charge in [-0.15, -0.1) is 0 Å². The Kier molecular flexibility index (Phi) is 7.12. The highest BCUT2D eigenvalue weighted by atomic mass is 35.5. The number of likely N-dealkylation sites (tertiary alicyclic amines) is 1. The quantitative estimate of drug-likeness (QED) is 0.258. The predicted octanol–water partition coefficient (Wildman–Crippen LogP) is 5.76. The van der Waals surface area contributed by atoms with E-state index >= 15 is 0 Å². The fourth-order valence-corrected chi connectivity index (χ4v) is 4.23. The molecule has 0 radical (unpaired) electrons. The number of hydrogen-bond acceptors (Lipinski definition) is 5. The molecule has 1 N–H and O–H groups in total. The third-order valence-corrected chi connectivity index (χ3v) is 5.97. The molecule has 1 atom stereocenters. The van der Waals surface area contributed by atoms with Crippen molar-refractivity contribution in [3.05, 3.63) is 100 Å². The molecular weight excluding hydrogens is 466 g/mol. The van der Waals surface area contributed by atoms with Crippen LogP contribution >= 0.6 is 11.6 Å². The van der Waals surface area contributed by atoms with E-state index in [4.69, 9.17) is 21.1 Å². The van der Waals surface area contributed by atoms with E-state index in [1.807, 2.05) is 38.1 Å². The molecule has 4 rings (SSSR count). The van der Waals surface area contributed by atoms with Crippen LogP contribution in [0.15, 0.2) is 78.4 Å². The van der Waals surface area contributed by atoms with Crippen LogP contribution in [-0.2, 0) is 16.1 Å². The van der Waals surface area contributed by atoms with Crippen LogP contribution in [0.3, 0.4) is 0 Å². The summed E-state index contributed by atoms with van der Waals surface area (Å²) in [5, 5.41) is 11.6. The number of aliphatic hydroxyl groups excluding tert-OH is 1. The van der Waals surface area contributed by atoms with E-state index in [9.17, 15) is 14.7 Å². The molecule has 3 aromatic carbocycles. The minimum Gasteiger partial charge on any atom is -0.507 e. The summed E-state index contributed by atoms with van der Waals surface area (Å²) < 4.78 is 11.1. The summed E-state index contributed by atoms with van der Waals surface area (Å²) in [7, 11) is 1.55. The molecule has 1 saturated heterocycles. The number of halogens is 1. The number of ketones is 1. The van der Waals surface area contributed by atoms with Crippen LogP contribution in [0, 0.1) is 0 Å². The van der Waals surface area contributed by atoms with Crippen molar-refractivity contribution in [2.45, 2.75) is 32.5 Å². The minimum absolute atomic E-state index is 0.0188. The summed E-state index contributed by atoms with van der Waals surface area (Å²) in [6.45, 7) is 4.07. The zero-order chi connectivity index (χ0) is 25.1. The number of ether oxygens (including phenoxy) is 2. The number of aliphatic hydroxyl groups is 1. The number of carbonyl (C=O) groups excluding carboxylic acids is 2. The number of methoxy groups -OCH3 is 1. The highest BCUT2D eigenvalue weighted by Gasteiger charge is 2.46. The second kappa shape index (κ2) is 10.2. The van der Waals surface area contributed by atoms with Crippen molar-refractivity contribution in [1.82, 2.24) is 4.90 Å². The normalized spacial score (nSPS) is 17.2. The first-order valence-electron chi connectivity index (χ1n) is 11.2. The molecule has 1 aliphatic rings. The second-order valence-corrected chi connectivity index (χ2v) is 8.96. The first-order chi connectivity index (χ1) is 16.8. The molecule has 0 aliphatic carbocycles. The Morgan fingerprint density at radius 1 is 1.00 bits per heavy atom. The highest BCUT2D eigenvalue weighted by molar-refractivity contribution is 6.46. The van der Waals surface area contributed by atoms with Crippen molar-refractivity contribution >= 4 is 29.1 Å². The molecule has 1 unspecified atom stereocenters. The second-order valence-electron chi connectivity index (χ2n) is 8.52. The zero-order valence-electron chi connectivity index (χ0n) is 19.7. The largest absolute Gasteiger partial charge is 0.507 e. The van der Waals surface area contributed by atoms with Gasteiger partial charge in [0.15, 0.2) is 0 Å². The topological polar surface area (TPSA) is 76.1 Å². The standard InChI is InChI=1S/C28H26ClNO5/c1-17(2)35-22-13-7-18(8-14-22)16-30-25(20-5-4-6-23(15-20)34-3)24(27(32)28(30)33)26(31)19-9-11-21(29)12-10-19/h4-15,17,25,31H,16H2,1-3H3/b26-24-. The maximum atomic E-state index is 13.2. The van der Waals surface area contributed by atoms with Gasteiger partial charge in [-0.3, -0.25) is 9.59 Å². The average Bonchev–Trinajstić information content (AvgIpc) is 3.10. The summed E-state index contributed by atoms with van der Waals surface area (Å²) >= 11 is 5.99. The summed E-state index contributed by atoms with van der Waals surface area (Å²) in [4.78, 5) is 27.9. The van der Waals surface area contributed by atoms with Gasteiger partial charge in [0.2, 0.25) is 0 Å². The maximum absolute atomic E-state index is 13.2. The van der Waals surface area contributed by atoms with Crippen molar-refractivity contribution in [2.24, 2.45) is 0 Å². The average molecular weight is 492 g/mol. The number of amides is 1. The fourth-order valence-electron chi connectivity index (χ4n) is 4.11. The molecule has 0 bridgehead atoms. The van der Waals surface area contributed by atoms with Crippen LogP contribution in [0.25, 0.3) is 5.76 Å². The van der Waals surface area contributed by atoms with Gasteiger partial charge in [0, 0.05) is 17.1 Å². The Morgan fingerprint density at radius 2 is 1.69 bits per heavy atom. The molecule has 6 nitrogen and oxygen atoms in total. The van der Waals surface area contributed by atoms with E-state index in [2.05, 4.69) is 0 Å². The predicted molar refractivity (Wildman–Crippen MR) is 134 cm³/mol. The Morgan fingerprint density at radius 3 is 2.31 bits per heavy atom. The van der Waals surface area contributed by atoms with Gasteiger partial charge in [-0.05, 0) is 73.5 Å². The van der Waals surface area contributed by atoms with Crippen molar-refractivity contribution in [1.29, 1.82) is 0 Å². The number of rotatable bonds is 7. The van der Waals surface area contributed by atoms with Gasteiger partial charge in [0.25, 0.3) is 11.7 Å². The number of hydrogen-bond donors (Lipinski definition) is 1. The molecule has 1 heterocycles. The smallest absolute Gasteiger partial charge is 0.295 e. The number of nitrogens with zero attached hydrogens (tertiary/aromatic N) is 1. The fraction of sp³-hybridized carbons (Fsp3) is 0.214. The summed E-state index contributed by atoms with van der Waals surface area (Å²) in [5.41, 5.74) is 1.89. The Hall–Kier alpha value is -3.77. The lowest BCUT2D eigenvalue weighted by Crippen LogP contribution is -2.29. The molecule has 1 amide bonds. The van der Waals surface area contributed by atoms with Crippen molar-refractivity contribution in [3.63, 3.8) is 0 Å². The van der Waals surface area contributed by atoms with Crippen LogP contribution in [0.1, 0.15) is 36.6 Å². The Balaban J connectivity index is 1.78. The first-order valence-corrected chi connectivity index (χ1v) is 11.6. The van der Waals surface area contributed by atoms with Crippen LogP contribution in [0.5, 0.6) is 11.5 Å². The molecule has 180 valence electrons. The molecule has 7 heteroatoms. The maximum Gasteiger partial charge on any atom is 0.295 e. The molecule has 0 aromatic heterocycles. The van der Waals surface area contributed by atoms with Gasteiger partial charge in [0.05, 0.1) is 24.8 Å². The van der Waals surface area contributed by atoms with Crippen LogP contribution in [0.2, 0.25) is 5.02 Å². The van der Waals surface area contributed by atoms with Gasteiger partial charge in [0.1, 0.15) is 17.3 Å². The summed E-state index contributed by atoms with van der Waals surface area (Å²) in [6, 6.07) is 20.2. The van der Waals surface area contributed by atoms with E-state index < -0.39 is 17.7 Å². The van der Waals surface area contributed by atoms with Gasteiger partial charge in [-0.2, -0.15) is 0 Å². The molecule has 1 fully saturated rings. The molecule has 0 saturated carbocycles. The molecule has 0 spiro atoms. The summed E-state index contributed by atoms with van der Waals surface area (Å²) in [5.74, 6) is -0.385. The SMILES string of the molecule is COc1cccc(C2/C(=C(/O)c3ccc(Cl)cc3)C(=O)C(=O)N2Cc2ccc(OC(C)C)cc2)c1. The highest BCUT2D eigenvalue weighted by Crippen LogP contribution is 2.41. The van der Waals surface area contributed by atoms with Gasteiger partial charge < -0.3 is 19.5 Å². The Labute approximate surface area is 209 Å². The van der Waals surface area contributed by atoms with E-state index in [1.165, 1.54) is 4.90 Å². The minimum atomic E-state index is -0.799. The van der Waals surface area contributed by atoms with Crippen molar-refractivity contribution in [3.8, 4) is 11.5 Å². The molecule has 35 heavy (non-hydrogen) atoms. The molecular formula is C28H26ClNO5. The number of benzene rings is 3. The van der Waals surface area contributed by atoms with Crippen LogP contribution in [-0.4, -0.2) is 34.9 Å².